The molecule has 0 saturated carbocycles. The van der Waals surface area contributed by atoms with Gasteiger partial charge in [0.15, 0.2) is 0 Å². The van der Waals surface area contributed by atoms with Gasteiger partial charge in [-0.25, -0.2) is 0 Å². The molecular formula is C11H14N2O5. The molecule has 18 heavy (non-hydrogen) atoms. The van der Waals surface area contributed by atoms with E-state index in [1.807, 2.05) is 13.8 Å². The van der Waals surface area contributed by atoms with Gasteiger partial charge in [0.2, 0.25) is 5.75 Å². The number of methoxy groups -OCH3 is 1. The van der Waals surface area contributed by atoms with Crippen molar-refractivity contribution in [2.75, 3.05) is 7.11 Å². The first-order valence-corrected chi connectivity index (χ1v) is 5.36. The number of hydrogen-bond acceptors (Lipinski definition) is 5. The average Bonchev–Trinajstić information content (AvgIpc) is 2.26. The molecule has 1 rings (SSSR count). The molecule has 0 heterocycles. The van der Waals surface area contributed by atoms with Crippen molar-refractivity contribution in [2.45, 2.75) is 20.3 Å². The number of rotatable bonds is 5. The van der Waals surface area contributed by atoms with Crippen LogP contribution in [0.15, 0.2) is 12.1 Å². The predicted octanol–water partition coefficient (Wildman–Crippen LogP) is 2.71. The van der Waals surface area contributed by atoms with Gasteiger partial charge < -0.3 is 4.74 Å². The van der Waals surface area contributed by atoms with E-state index < -0.39 is 9.85 Å². The van der Waals surface area contributed by atoms with Crippen LogP contribution in [-0.4, -0.2) is 17.0 Å². The molecule has 0 fully saturated rings. The van der Waals surface area contributed by atoms with Gasteiger partial charge in [-0.3, -0.25) is 20.2 Å². The van der Waals surface area contributed by atoms with Gasteiger partial charge in [0.05, 0.1) is 23.0 Å². The molecule has 0 radical (unpaired) electrons. The van der Waals surface area contributed by atoms with E-state index in [-0.39, 0.29) is 23.0 Å². The fourth-order valence-electron chi connectivity index (χ4n) is 1.72. The summed E-state index contributed by atoms with van der Waals surface area (Å²) in [6.07, 6.45) is 0.478. The number of ether oxygens (including phenoxy) is 1. The Morgan fingerprint density at radius 1 is 1.22 bits per heavy atom. The van der Waals surface area contributed by atoms with Crippen LogP contribution < -0.4 is 4.74 Å². The van der Waals surface area contributed by atoms with Crippen molar-refractivity contribution in [3.8, 4) is 5.75 Å². The third-order valence-electron chi connectivity index (χ3n) is 2.37. The highest BCUT2D eigenvalue weighted by Crippen LogP contribution is 2.36. The minimum Gasteiger partial charge on any atom is -0.490 e. The van der Waals surface area contributed by atoms with Crippen LogP contribution in [0.2, 0.25) is 0 Å². The van der Waals surface area contributed by atoms with Crippen LogP contribution in [0.5, 0.6) is 5.75 Å². The van der Waals surface area contributed by atoms with E-state index in [4.69, 9.17) is 4.74 Å². The lowest BCUT2D eigenvalue weighted by molar-refractivity contribution is -0.394. The third-order valence-corrected chi connectivity index (χ3v) is 2.37. The standard InChI is InChI=1S/C11H14N2O5/c1-7(2)4-8-5-9(12(14)15)6-10(13(16)17)11(8)18-3/h5-7H,4H2,1-3H3. The van der Waals surface area contributed by atoms with Gasteiger partial charge in [-0.2, -0.15) is 0 Å². The lowest BCUT2D eigenvalue weighted by Gasteiger charge is -2.10. The summed E-state index contributed by atoms with van der Waals surface area (Å²) in [6.45, 7) is 3.84. The van der Waals surface area contributed by atoms with E-state index in [1.54, 1.807) is 0 Å². The molecule has 0 bridgehead atoms. The van der Waals surface area contributed by atoms with E-state index in [9.17, 15) is 20.2 Å². The number of nitro groups is 2. The van der Waals surface area contributed by atoms with Crippen LogP contribution in [0.4, 0.5) is 11.4 Å². The van der Waals surface area contributed by atoms with Crippen LogP contribution in [0.25, 0.3) is 0 Å². The highest BCUT2D eigenvalue weighted by atomic mass is 16.6. The van der Waals surface area contributed by atoms with Crippen LogP contribution >= 0.6 is 0 Å². The highest BCUT2D eigenvalue weighted by molar-refractivity contribution is 5.58. The normalized spacial score (nSPS) is 10.4. The maximum absolute atomic E-state index is 10.9. The van der Waals surface area contributed by atoms with Gasteiger partial charge in [-0.05, 0) is 12.3 Å². The number of nitro benzene ring substituents is 2. The molecule has 1 aromatic carbocycles. The molecule has 0 unspecified atom stereocenters. The molecule has 0 saturated heterocycles. The first kappa shape index (κ1) is 13.9. The fraction of sp³-hybridized carbons (Fsp3) is 0.455. The predicted molar refractivity (Wildman–Crippen MR) is 64.8 cm³/mol. The summed E-state index contributed by atoms with van der Waals surface area (Å²) >= 11 is 0. The Morgan fingerprint density at radius 2 is 1.83 bits per heavy atom. The molecule has 0 atom stereocenters. The summed E-state index contributed by atoms with van der Waals surface area (Å²) < 4.78 is 5.01. The summed E-state index contributed by atoms with van der Waals surface area (Å²) in [5.74, 6) is 0.305. The molecule has 7 heteroatoms. The monoisotopic (exact) mass is 254 g/mol. The van der Waals surface area contributed by atoms with Gasteiger partial charge in [0.1, 0.15) is 0 Å². The van der Waals surface area contributed by atoms with E-state index >= 15 is 0 Å². The molecule has 98 valence electrons. The zero-order valence-electron chi connectivity index (χ0n) is 10.4. The quantitative estimate of drug-likeness (QED) is 0.594. The number of non-ortho nitro benzene ring substituents is 1. The Kier molecular flexibility index (Phi) is 4.19. The van der Waals surface area contributed by atoms with Gasteiger partial charge in [0.25, 0.3) is 5.69 Å². The largest absolute Gasteiger partial charge is 0.490 e. The molecule has 1 aromatic rings. The molecule has 7 nitrogen and oxygen atoms in total. The van der Waals surface area contributed by atoms with Crippen molar-refractivity contribution in [3.63, 3.8) is 0 Å². The van der Waals surface area contributed by atoms with E-state index in [0.29, 0.717) is 12.0 Å². The zero-order chi connectivity index (χ0) is 13.9. The van der Waals surface area contributed by atoms with E-state index in [1.165, 1.54) is 13.2 Å². The Bertz CT molecular complexity index is 485. The highest BCUT2D eigenvalue weighted by Gasteiger charge is 2.25. The molecule has 0 aliphatic heterocycles. The van der Waals surface area contributed by atoms with Crippen molar-refractivity contribution in [1.82, 2.24) is 0 Å². The molecule has 0 N–H and O–H groups in total. The SMILES string of the molecule is COc1c(CC(C)C)cc([N+](=O)[O-])cc1[N+](=O)[O-]. The van der Waals surface area contributed by atoms with Crippen molar-refractivity contribution in [2.24, 2.45) is 5.92 Å². The minimum atomic E-state index is -0.671. The third kappa shape index (κ3) is 2.93. The summed E-state index contributed by atoms with van der Waals surface area (Å²) in [5, 5.41) is 21.7. The van der Waals surface area contributed by atoms with Crippen LogP contribution in [-0.2, 0) is 6.42 Å². The average molecular weight is 254 g/mol. The molecule has 0 amide bonds. The molecule has 0 spiro atoms. The second kappa shape index (κ2) is 5.44. The van der Waals surface area contributed by atoms with Gasteiger partial charge in [0, 0.05) is 11.6 Å². The van der Waals surface area contributed by atoms with Crippen molar-refractivity contribution >= 4 is 11.4 Å². The smallest absolute Gasteiger partial charge is 0.318 e. The van der Waals surface area contributed by atoms with E-state index in [2.05, 4.69) is 0 Å². The maximum atomic E-state index is 10.9. The minimum absolute atomic E-state index is 0.0966. The molecule has 0 aliphatic carbocycles. The fourth-order valence-corrected chi connectivity index (χ4v) is 1.72. The molecular weight excluding hydrogens is 240 g/mol. The number of nitrogens with zero attached hydrogens (tertiary/aromatic N) is 2. The van der Waals surface area contributed by atoms with E-state index in [0.717, 1.165) is 6.07 Å². The second-order valence-electron chi connectivity index (χ2n) is 4.27. The van der Waals surface area contributed by atoms with Crippen molar-refractivity contribution in [3.05, 3.63) is 37.9 Å². The number of benzene rings is 1. The van der Waals surface area contributed by atoms with Gasteiger partial charge >= 0.3 is 5.69 Å². The lowest BCUT2D eigenvalue weighted by atomic mass is 10.0. The van der Waals surface area contributed by atoms with Crippen molar-refractivity contribution < 1.29 is 14.6 Å². The number of hydrogen-bond donors (Lipinski definition) is 0. The van der Waals surface area contributed by atoms with Crippen LogP contribution in [0.3, 0.4) is 0 Å². The van der Waals surface area contributed by atoms with Crippen molar-refractivity contribution in [1.29, 1.82) is 0 Å². The summed E-state index contributed by atoms with van der Waals surface area (Å²) in [7, 11) is 1.32. The first-order valence-electron chi connectivity index (χ1n) is 5.36. The first-order chi connectivity index (χ1) is 8.36. The second-order valence-corrected chi connectivity index (χ2v) is 4.27. The van der Waals surface area contributed by atoms with Gasteiger partial charge in [-0.15, -0.1) is 0 Å². The molecule has 0 aromatic heterocycles. The Labute approximate surface area is 104 Å². The Balaban J connectivity index is 3.45. The maximum Gasteiger partial charge on any atom is 0.318 e. The summed E-state index contributed by atoms with van der Waals surface area (Å²) in [6, 6.07) is 2.24. The zero-order valence-corrected chi connectivity index (χ0v) is 10.4. The Morgan fingerprint density at radius 3 is 2.22 bits per heavy atom. The lowest BCUT2D eigenvalue weighted by Crippen LogP contribution is -2.03. The summed E-state index contributed by atoms with van der Waals surface area (Å²) in [4.78, 5) is 20.3. The van der Waals surface area contributed by atoms with Gasteiger partial charge in [-0.1, -0.05) is 13.8 Å². The molecule has 0 aliphatic rings. The summed E-state index contributed by atoms with van der Waals surface area (Å²) in [5.41, 5.74) is -0.186. The van der Waals surface area contributed by atoms with Crippen LogP contribution in [0.1, 0.15) is 19.4 Å². The van der Waals surface area contributed by atoms with Crippen LogP contribution in [0, 0.1) is 26.1 Å². The Hall–Kier alpha value is -2.18. The topological polar surface area (TPSA) is 95.5 Å².